The molecule has 5 nitrogen and oxygen atoms in total. The number of nitro benzene ring substituents is 1. The second kappa shape index (κ2) is 6.73. The van der Waals surface area contributed by atoms with Gasteiger partial charge in [-0.05, 0) is 12.5 Å². The molecule has 0 bridgehead atoms. The molecule has 0 aromatic heterocycles. The van der Waals surface area contributed by atoms with Crippen LogP contribution < -0.4 is 4.74 Å². The predicted molar refractivity (Wildman–Crippen MR) is 64.4 cm³/mol. The van der Waals surface area contributed by atoms with Crippen LogP contribution in [0.4, 0.5) is 5.69 Å². The molecular formula is C12H17NO4. The van der Waals surface area contributed by atoms with Crippen LogP contribution in [-0.2, 0) is 0 Å². The topological polar surface area (TPSA) is 72.6 Å². The van der Waals surface area contributed by atoms with Crippen molar-refractivity contribution in [2.24, 2.45) is 0 Å². The molecule has 0 aliphatic heterocycles. The van der Waals surface area contributed by atoms with Crippen LogP contribution in [0.2, 0.25) is 0 Å². The Morgan fingerprint density at radius 1 is 1.35 bits per heavy atom. The summed E-state index contributed by atoms with van der Waals surface area (Å²) in [5.74, 6) is 0.113. The van der Waals surface area contributed by atoms with Gasteiger partial charge in [-0.25, -0.2) is 0 Å². The van der Waals surface area contributed by atoms with E-state index in [2.05, 4.69) is 6.92 Å². The lowest BCUT2D eigenvalue weighted by atomic mass is 10.2. The maximum atomic E-state index is 10.5. The Morgan fingerprint density at radius 3 is 2.76 bits per heavy atom. The fraction of sp³-hybridized carbons (Fsp3) is 0.500. The van der Waals surface area contributed by atoms with E-state index in [0.29, 0.717) is 6.61 Å². The number of hydrogen-bond donors (Lipinski definition) is 1. The van der Waals surface area contributed by atoms with Crippen LogP contribution in [0.25, 0.3) is 0 Å². The van der Waals surface area contributed by atoms with Crippen molar-refractivity contribution < 1.29 is 14.8 Å². The van der Waals surface area contributed by atoms with Gasteiger partial charge < -0.3 is 9.84 Å². The van der Waals surface area contributed by atoms with Gasteiger partial charge >= 0.3 is 0 Å². The van der Waals surface area contributed by atoms with E-state index in [-0.39, 0.29) is 17.2 Å². The van der Waals surface area contributed by atoms with E-state index in [4.69, 9.17) is 4.74 Å². The van der Waals surface area contributed by atoms with E-state index in [1.165, 1.54) is 18.2 Å². The fourth-order valence-electron chi connectivity index (χ4n) is 1.44. The Hall–Kier alpha value is -1.78. The average molecular weight is 239 g/mol. The molecule has 0 fully saturated rings. The number of aromatic hydroxyl groups is 1. The summed E-state index contributed by atoms with van der Waals surface area (Å²) in [5, 5.41) is 20.0. The summed E-state index contributed by atoms with van der Waals surface area (Å²) >= 11 is 0. The minimum Gasteiger partial charge on any atom is -0.504 e. The molecule has 0 amide bonds. The molecule has 0 saturated carbocycles. The van der Waals surface area contributed by atoms with Gasteiger partial charge in [-0.15, -0.1) is 0 Å². The van der Waals surface area contributed by atoms with Crippen LogP contribution in [0.1, 0.15) is 32.6 Å². The minimum absolute atomic E-state index is 0.0638. The molecule has 1 rings (SSSR count). The molecule has 0 saturated heterocycles. The Balaban J connectivity index is 2.51. The number of ether oxygens (including phenoxy) is 1. The van der Waals surface area contributed by atoms with E-state index >= 15 is 0 Å². The van der Waals surface area contributed by atoms with Gasteiger partial charge in [0.15, 0.2) is 11.5 Å². The second-order valence-electron chi connectivity index (χ2n) is 3.82. The molecule has 1 aromatic rings. The van der Waals surface area contributed by atoms with Gasteiger partial charge in [0.25, 0.3) is 5.69 Å². The number of nitrogens with zero attached hydrogens (tertiary/aromatic N) is 1. The zero-order valence-corrected chi connectivity index (χ0v) is 9.89. The van der Waals surface area contributed by atoms with Gasteiger partial charge in [0.05, 0.1) is 17.6 Å². The molecule has 0 atom stereocenters. The molecule has 0 unspecified atom stereocenters. The molecule has 0 aliphatic rings. The smallest absolute Gasteiger partial charge is 0.273 e. The predicted octanol–water partition coefficient (Wildman–Crippen LogP) is 3.26. The molecule has 0 heterocycles. The fourth-order valence-corrected chi connectivity index (χ4v) is 1.44. The molecule has 0 spiro atoms. The summed E-state index contributed by atoms with van der Waals surface area (Å²) < 4.78 is 5.32. The number of phenols is 1. The molecule has 1 aromatic carbocycles. The van der Waals surface area contributed by atoms with Crippen LogP contribution in [0, 0.1) is 10.1 Å². The zero-order valence-electron chi connectivity index (χ0n) is 9.89. The van der Waals surface area contributed by atoms with E-state index in [0.717, 1.165) is 25.7 Å². The van der Waals surface area contributed by atoms with Crippen LogP contribution >= 0.6 is 0 Å². The molecular weight excluding hydrogens is 222 g/mol. The van der Waals surface area contributed by atoms with Crippen LogP contribution in [0.5, 0.6) is 11.5 Å². The largest absolute Gasteiger partial charge is 0.504 e. The van der Waals surface area contributed by atoms with Gasteiger partial charge in [-0.2, -0.15) is 0 Å². The van der Waals surface area contributed by atoms with Crippen molar-refractivity contribution in [3.05, 3.63) is 28.3 Å². The average Bonchev–Trinajstić information content (AvgIpc) is 2.30. The molecule has 5 heteroatoms. The summed E-state index contributed by atoms with van der Waals surface area (Å²) in [4.78, 5) is 10.0. The van der Waals surface area contributed by atoms with E-state index < -0.39 is 4.92 Å². The highest BCUT2D eigenvalue weighted by Gasteiger charge is 2.10. The highest BCUT2D eigenvalue weighted by atomic mass is 16.6. The van der Waals surface area contributed by atoms with E-state index in [1.807, 2.05) is 0 Å². The number of rotatable bonds is 7. The first-order chi connectivity index (χ1) is 8.15. The second-order valence-corrected chi connectivity index (χ2v) is 3.82. The normalized spacial score (nSPS) is 10.2. The maximum Gasteiger partial charge on any atom is 0.273 e. The number of hydrogen-bond acceptors (Lipinski definition) is 4. The van der Waals surface area contributed by atoms with E-state index in [1.54, 1.807) is 0 Å². The first-order valence-electron chi connectivity index (χ1n) is 5.75. The number of nitro groups is 1. The van der Waals surface area contributed by atoms with Gasteiger partial charge in [0.1, 0.15) is 0 Å². The van der Waals surface area contributed by atoms with Crippen LogP contribution in [0.3, 0.4) is 0 Å². The standard InChI is InChI=1S/C12H17NO4/c1-2-3-4-5-8-17-12-9-10(13(15)16)6-7-11(12)14/h6-7,9,14H,2-5,8H2,1H3. The summed E-state index contributed by atoms with van der Waals surface area (Å²) in [6, 6.07) is 3.77. The van der Waals surface area contributed by atoms with Gasteiger partial charge in [0.2, 0.25) is 0 Å². The Kier molecular flexibility index (Phi) is 5.26. The van der Waals surface area contributed by atoms with E-state index in [9.17, 15) is 15.2 Å². The minimum atomic E-state index is -0.511. The van der Waals surface area contributed by atoms with Crippen molar-refractivity contribution in [1.29, 1.82) is 0 Å². The lowest BCUT2D eigenvalue weighted by Gasteiger charge is -2.07. The van der Waals surface area contributed by atoms with Crippen molar-refractivity contribution in [2.75, 3.05) is 6.61 Å². The SMILES string of the molecule is CCCCCCOc1cc([N+](=O)[O-])ccc1O. The lowest BCUT2D eigenvalue weighted by molar-refractivity contribution is -0.385. The highest BCUT2D eigenvalue weighted by Crippen LogP contribution is 2.30. The lowest BCUT2D eigenvalue weighted by Crippen LogP contribution is -1.98. The number of unbranched alkanes of at least 4 members (excludes halogenated alkanes) is 3. The van der Waals surface area contributed by atoms with Crippen molar-refractivity contribution in [3.63, 3.8) is 0 Å². The summed E-state index contributed by atoms with van der Waals surface area (Å²) in [5.41, 5.74) is -0.0774. The summed E-state index contributed by atoms with van der Waals surface area (Å²) in [6.45, 7) is 2.59. The Labute approximate surface area is 100 Å². The third-order valence-corrected chi connectivity index (χ3v) is 2.41. The third kappa shape index (κ3) is 4.30. The quantitative estimate of drug-likeness (QED) is 0.450. The molecule has 0 radical (unpaired) electrons. The summed E-state index contributed by atoms with van der Waals surface area (Å²) in [7, 11) is 0. The molecule has 17 heavy (non-hydrogen) atoms. The number of benzene rings is 1. The molecule has 94 valence electrons. The van der Waals surface area contributed by atoms with Crippen molar-refractivity contribution >= 4 is 5.69 Å². The van der Waals surface area contributed by atoms with Crippen LogP contribution in [-0.4, -0.2) is 16.6 Å². The molecule has 0 aliphatic carbocycles. The molecule has 1 N–H and O–H groups in total. The van der Waals surface area contributed by atoms with Crippen molar-refractivity contribution in [2.45, 2.75) is 32.6 Å². The Morgan fingerprint density at radius 2 is 2.12 bits per heavy atom. The van der Waals surface area contributed by atoms with Crippen LogP contribution in [0.15, 0.2) is 18.2 Å². The Bertz CT molecular complexity index is 379. The number of non-ortho nitro benzene ring substituents is 1. The first kappa shape index (κ1) is 13.3. The maximum absolute atomic E-state index is 10.5. The monoisotopic (exact) mass is 239 g/mol. The van der Waals surface area contributed by atoms with Crippen molar-refractivity contribution in [3.8, 4) is 11.5 Å². The third-order valence-electron chi connectivity index (χ3n) is 2.41. The summed E-state index contributed by atoms with van der Waals surface area (Å²) in [6.07, 6.45) is 4.23. The van der Waals surface area contributed by atoms with Gasteiger partial charge in [0, 0.05) is 6.07 Å². The highest BCUT2D eigenvalue weighted by molar-refractivity contribution is 5.47. The first-order valence-corrected chi connectivity index (χ1v) is 5.75. The zero-order chi connectivity index (χ0) is 12.7. The van der Waals surface area contributed by atoms with Gasteiger partial charge in [-0.1, -0.05) is 26.2 Å². The van der Waals surface area contributed by atoms with Crippen molar-refractivity contribution in [1.82, 2.24) is 0 Å². The van der Waals surface area contributed by atoms with Gasteiger partial charge in [-0.3, -0.25) is 10.1 Å². The number of phenolic OH excluding ortho intramolecular Hbond substituents is 1.